The number of benzene rings is 2. The molecule has 1 saturated heterocycles. The Bertz CT molecular complexity index is 1240. The van der Waals surface area contributed by atoms with Crippen LogP contribution in [-0.4, -0.2) is 100 Å². The smallest absolute Gasteiger partial charge is 0.338 e. The number of thioether (sulfide) groups is 1. The zero-order valence-electron chi connectivity index (χ0n) is 24.7. The summed E-state index contributed by atoms with van der Waals surface area (Å²) < 4.78 is 28.8. The summed E-state index contributed by atoms with van der Waals surface area (Å²) in [7, 11) is 3.07. The molecule has 2 aromatic carbocycles. The monoisotopic (exact) mass is 598 g/mol. The quantitative estimate of drug-likeness (QED) is 0.462. The maximum absolute atomic E-state index is 13.2. The van der Waals surface area contributed by atoms with Gasteiger partial charge in [0.05, 0.1) is 38.6 Å². The highest BCUT2D eigenvalue weighted by atomic mass is 32.2. The molecule has 228 valence electrons. The third-order valence-corrected chi connectivity index (χ3v) is 9.21. The molecule has 2 aromatic rings. The Morgan fingerprint density at radius 1 is 0.881 bits per heavy atom. The summed E-state index contributed by atoms with van der Waals surface area (Å²) in [5, 5.41) is 0. The molecule has 42 heavy (non-hydrogen) atoms. The minimum atomic E-state index is -0.419. The van der Waals surface area contributed by atoms with Gasteiger partial charge in [-0.15, -0.1) is 11.8 Å². The third kappa shape index (κ3) is 7.90. The van der Waals surface area contributed by atoms with E-state index < -0.39 is 5.97 Å². The van der Waals surface area contributed by atoms with Crippen LogP contribution in [-0.2, 0) is 15.9 Å². The molecule has 0 amide bonds. The first-order chi connectivity index (χ1) is 20.5. The van der Waals surface area contributed by atoms with Crippen molar-refractivity contribution >= 4 is 23.7 Å². The molecule has 10 heteroatoms. The predicted molar refractivity (Wildman–Crippen MR) is 161 cm³/mol. The molecule has 0 spiro atoms. The van der Waals surface area contributed by atoms with Crippen molar-refractivity contribution in [3.63, 3.8) is 0 Å². The lowest BCUT2D eigenvalue weighted by Crippen LogP contribution is -2.34. The zero-order chi connectivity index (χ0) is 29.3. The zero-order valence-corrected chi connectivity index (χ0v) is 25.5. The lowest BCUT2D eigenvalue weighted by atomic mass is 10.1. The van der Waals surface area contributed by atoms with Gasteiger partial charge in [-0.2, -0.15) is 0 Å². The topological polar surface area (TPSA) is 86.8 Å². The molecule has 3 unspecified atom stereocenters. The van der Waals surface area contributed by atoms with Gasteiger partial charge in [0, 0.05) is 36.8 Å². The number of rotatable bonds is 4. The van der Waals surface area contributed by atoms with Crippen molar-refractivity contribution in [2.24, 2.45) is 0 Å². The summed E-state index contributed by atoms with van der Waals surface area (Å²) in [5.41, 5.74) is 2.27. The average molecular weight is 599 g/mol. The molecule has 0 aromatic heterocycles. The lowest BCUT2D eigenvalue weighted by molar-refractivity contribution is 0.0221. The van der Waals surface area contributed by atoms with E-state index in [0.29, 0.717) is 54.4 Å². The summed E-state index contributed by atoms with van der Waals surface area (Å²) in [4.78, 5) is 32.2. The van der Waals surface area contributed by atoms with Gasteiger partial charge in [0.25, 0.3) is 0 Å². The van der Waals surface area contributed by atoms with E-state index in [1.54, 1.807) is 31.0 Å². The van der Waals surface area contributed by atoms with Crippen molar-refractivity contribution < 1.29 is 33.3 Å². The van der Waals surface area contributed by atoms with Gasteiger partial charge in [-0.3, -0.25) is 0 Å². The van der Waals surface area contributed by atoms with Crippen molar-refractivity contribution in [3.05, 3.63) is 47.0 Å². The normalized spacial score (nSPS) is 23.7. The molecule has 3 heterocycles. The Kier molecular flexibility index (Phi) is 10.9. The Labute approximate surface area is 252 Å². The van der Waals surface area contributed by atoms with Crippen LogP contribution in [0.2, 0.25) is 0 Å². The van der Waals surface area contributed by atoms with Gasteiger partial charge in [0.2, 0.25) is 5.75 Å². The number of hydrogen-bond donors (Lipinski definition) is 0. The van der Waals surface area contributed by atoms with Crippen molar-refractivity contribution in [2.45, 2.75) is 49.5 Å². The molecule has 3 atom stereocenters. The van der Waals surface area contributed by atoms with Gasteiger partial charge in [0.15, 0.2) is 11.5 Å². The molecule has 1 fully saturated rings. The number of aryl methyl sites for hydroxylation is 1. The van der Waals surface area contributed by atoms with Crippen molar-refractivity contribution in [2.75, 3.05) is 72.5 Å². The molecule has 5 rings (SSSR count). The van der Waals surface area contributed by atoms with Crippen LogP contribution >= 0.6 is 11.8 Å². The van der Waals surface area contributed by atoms with Crippen LogP contribution < -0.4 is 14.2 Å². The molecule has 0 N–H and O–H groups in total. The number of cyclic esters (lactones) is 1. The van der Waals surface area contributed by atoms with Gasteiger partial charge in [-0.1, -0.05) is 6.07 Å². The second-order valence-electron chi connectivity index (χ2n) is 11.0. The Balaban J connectivity index is 1.31. The molecule has 0 aliphatic carbocycles. The van der Waals surface area contributed by atoms with E-state index in [4.69, 9.17) is 23.7 Å². The first kappa shape index (κ1) is 30.5. The highest BCUT2D eigenvalue weighted by molar-refractivity contribution is 7.99. The molecule has 4 bridgehead atoms. The molecule has 9 nitrogen and oxygen atoms in total. The molecule has 3 aliphatic rings. The number of nitrogens with zero attached hydrogens (tertiary/aromatic N) is 2. The first-order valence-corrected chi connectivity index (χ1v) is 16.0. The Hall–Kier alpha value is -2.95. The SMILES string of the molecule is COc1cc2cc(c1OC)OCCCC(OC(=O)c1ccc3c(c1)SCC3)CCN1CCCN(CCCOC2=O)CC1. The van der Waals surface area contributed by atoms with Gasteiger partial charge < -0.3 is 33.5 Å². The molecular formula is C32H42N2O7S. The van der Waals surface area contributed by atoms with E-state index in [1.807, 2.05) is 12.1 Å². The van der Waals surface area contributed by atoms with Crippen LogP contribution in [0.15, 0.2) is 35.2 Å². The summed E-state index contributed by atoms with van der Waals surface area (Å²) in [5.74, 6) is 1.61. The molecule has 3 aliphatic heterocycles. The largest absolute Gasteiger partial charge is 0.493 e. The number of carbonyl (C=O) groups is 2. The number of ether oxygens (including phenoxy) is 5. The summed E-state index contributed by atoms with van der Waals surface area (Å²) in [6.45, 7) is 6.44. The number of hydrogen-bond acceptors (Lipinski definition) is 10. The lowest BCUT2D eigenvalue weighted by Gasteiger charge is -2.24. The minimum absolute atomic E-state index is 0.235. The van der Waals surface area contributed by atoms with Gasteiger partial charge in [-0.25, -0.2) is 9.59 Å². The molecule has 0 saturated carbocycles. The van der Waals surface area contributed by atoms with Crippen LogP contribution in [0.5, 0.6) is 17.2 Å². The van der Waals surface area contributed by atoms with E-state index in [-0.39, 0.29) is 12.1 Å². The van der Waals surface area contributed by atoms with Crippen molar-refractivity contribution in [1.29, 1.82) is 0 Å². The van der Waals surface area contributed by atoms with Crippen molar-refractivity contribution in [3.8, 4) is 17.2 Å². The predicted octanol–water partition coefficient (Wildman–Crippen LogP) is 4.69. The standard InChI is InChI=1S/C32H42N2O7S/c1-37-27-20-25-21-28(30(27)38-2)39-17-3-6-26(41-32(36)24-8-7-23-10-19-42-29(23)22-24)9-14-34-12-4-11-33(15-16-34)13-5-18-40-31(25)35/h7-8,20-22,26H,3-6,9-19H2,1-2H3. The van der Waals surface area contributed by atoms with E-state index in [0.717, 1.165) is 70.7 Å². The molecular weight excluding hydrogens is 556 g/mol. The third-order valence-electron chi connectivity index (χ3n) is 8.11. The highest BCUT2D eigenvalue weighted by Crippen LogP contribution is 2.39. The number of fused-ring (bicyclic) bond motifs is 6. The van der Waals surface area contributed by atoms with Crippen molar-refractivity contribution in [1.82, 2.24) is 9.80 Å². The minimum Gasteiger partial charge on any atom is -0.493 e. The Morgan fingerprint density at radius 2 is 1.67 bits per heavy atom. The van der Waals surface area contributed by atoms with E-state index in [2.05, 4.69) is 15.9 Å². The molecule has 0 radical (unpaired) electrons. The van der Waals surface area contributed by atoms with Crippen LogP contribution in [0.1, 0.15) is 58.4 Å². The summed E-state index contributed by atoms with van der Waals surface area (Å²) in [6, 6.07) is 9.18. The second-order valence-corrected chi connectivity index (χ2v) is 12.1. The number of methoxy groups -OCH3 is 2. The van der Waals surface area contributed by atoms with Gasteiger partial charge >= 0.3 is 11.9 Å². The van der Waals surface area contributed by atoms with Gasteiger partial charge in [0.1, 0.15) is 6.10 Å². The fraction of sp³-hybridized carbons (Fsp3) is 0.562. The van der Waals surface area contributed by atoms with E-state index in [1.165, 1.54) is 17.6 Å². The van der Waals surface area contributed by atoms with Crippen LogP contribution in [0.3, 0.4) is 0 Å². The fourth-order valence-corrected chi connectivity index (χ4v) is 6.86. The van der Waals surface area contributed by atoms with Crippen LogP contribution in [0.4, 0.5) is 0 Å². The van der Waals surface area contributed by atoms with E-state index in [9.17, 15) is 9.59 Å². The fourth-order valence-electron chi connectivity index (χ4n) is 5.76. The van der Waals surface area contributed by atoms with E-state index >= 15 is 0 Å². The first-order valence-electron chi connectivity index (χ1n) is 15.0. The number of carbonyl (C=O) groups excluding carboxylic acids is 2. The van der Waals surface area contributed by atoms with Gasteiger partial charge in [-0.05, 0) is 81.4 Å². The summed E-state index contributed by atoms with van der Waals surface area (Å²) in [6.07, 6.45) is 4.74. The number of esters is 2. The maximum atomic E-state index is 13.2. The summed E-state index contributed by atoms with van der Waals surface area (Å²) >= 11 is 1.80. The highest BCUT2D eigenvalue weighted by Gasteiger charge is 2.23. The average Bonchev–Trinajstić information content (AvgIpc) is 3.36. The van der Waals surface area contributed by atoms with Crippen LogP contribution in [0.25, 0.3) is 0 Å². The Morgan fingerprint density at radius 3 is 2.48 bits per heavy atom. The second kappa shape index (κ2) is 15.0. The van der Waals surface area contributed by atoms with Crippen LogP contribution in [0, 0.1) is 0 Å². The maximum Gasteiger partial charge on any atom is 0.338 e.